The van der Waals surface area contributed by atoms with Crippen molar-refractivity contribution in [1.29, 1.82) is 0 Å². The lowest BCUT2D eigenvalue weighted by atomic mass is 10.5. The van der Waals surface area contributed by atoms with Gasteiger partial charge in [-0.1, -0.05) is 20.4 Å². The summed E-state index contributed by atoms with van der Waals surface area (Å²) < 4.78 is 4.85. The Kier molecular flexibility index (Phi) is 7.24. The van der Waals surface area contributed by atoms with E-state index in [4.69, 9.17) is 9.57 Å². The van der Waals surface area contributed by atoms with Crippen molar-refractivity contribution >= 4 is 5.97 Å². The monoisotopic (exact) mass is 187 g/mol. The fraction of sp³-hybridized carbons (Fsp3) is 0.667. The number of hydrogen-bond acceptors (Lipinski definition) is 4. The van der Waals surface area contributed by atoms with Crippen molar-refractivity contribution in [3.05, 3.63) is 12.7 Å². The molecule has 0 aliphatic heterocycles. The number of esters is 1. The largest absolute Gasteiger partial charge is 0.431 e. The summed E-state index contributed by atoms with van der Waals surface area (Å²) in [6.07, 6.45) is 2.16. The van der Waals surface area contributed by atoms with E-state index < -0.39 is 12.3 Å². The van der Waals surface area contributed by atoms with Crippen molar-refractivity contribution in [2.45, 2.75) is 33.0 Å². The maximum atomic E-state index is 10.8. The van der Waals surface area contributed by atoms with Gasteiger partial charge in [0, 0.05) is 19.0 Å². The van der Waals surface area contributed by atoms with Gasteiger partial charge in [-0.05, 0) is 6.42 Å². The predicted molar refractivity (Wildman–Crippen MR) is 49.7 cm³/mol. The number of hydroxylamine groups is 1. The first-order valence-corrected chi connectivity index (χ1v) is 4.46. The molecular weight excluding hydrogens is 170 g/mol. The number of rotatable bonds is 7. The fourth-order valence-electron chi connectivity index (χ4n) is 0.622. The summed E-state index contributed by atoms with van der Waals surface area (Å²) >= 11 is 0. The highest BCUT2D eigenvalue weighted by Gasteiger charge is 2.09. The Morgan fingerprint density at radius 1 is 1.62 bits per heavy atom. The van der Waals surface area contributed by atoms with E-state index in [1.54, 1.807) is 0 Å². The minimum absolute atomic E-state index is 0.467. The smallest absolute Gasteiger partial charge is 0.332 e. The quantitative estimate of drug-likeness (QED) is 0.215. The van der Waals surface area contributed by atoms with Gasteiger partial charge in [0.15, 0.2) is 0 Å². The summed E-state index contributed by atoms with van der Waals surface area (Å²) in [6, 6.07) is 0. The molecule has 0 fully saturated rings. The first-order valence-electron chi connectivity index (χ1n) is 4.46. The van der Waals surface area contributed by atoms with Crippen LogP contribution in [0.5, 0.6) is 0 Å². The van der Waals surface area contributed by atoms with E-state index in [0.717, 1.165) is 19.0 Å². The summed E-state index contributed by atoms with van der Waals surface area (Å²) in [5.74, 6) is -0.467. The molecule has 1 unspecified atom stereocenters. The first-order chi connectivity index (χ1) is 6.24. The van der Waals surface area contributed by atoms with E-state index in [2.05, 4.69) is 12.1 Å². The van der Waals surface area contributed by atoms with Gasteiger partial charge < -0.3 is 4.74 Å². The van der Waals surface area contributed by atoms with Crippen LogP contribution in [0.25, 0.3) is 0 Å². The lowest BCUT2D eigenvalue weighted by Crippen LogP contribution is -2.28. The minimum atomic E-state index is -0.531. The molecule has 0 saturated heterocycles. The molecule has 0 saturated carbocycles. The molecule has 13 heavy (non-hydrogen) atoms. The predicted octanol–water partition coefficient (Wildman–Crippen LogP) is 1.38. The molecule has 0 amide bonds. The molecule has 0 aromatic rings. The summed E-state index contributed by atoms with van der Waals surface area (Å²) in [5.41, 5.74) is 2.70. The molecule has 0 spiro atoms. The van der Waals surface area contributed by atoms with E-state index in [0.29, 0.717) is 6.42 Å². The Balaban J connectivity index is 3.62. The van der Waals surface area contributed by atoms with Crippen molar-refractivity contribution in [3.8, 4) is 0 Å². The van der Waals surface area contributed by atoms with Gasteiger partial charge in [0.1, 0.15) is 0 Å². The second-order valence-corrected chi connectivity index (χ2v) is 2.49. The molecule has 1 atom stereocenters. The lowest BCUT2D eigenvalue weighted by molar-refractivity contribution is -0.190. The van der Waals surface area contributed by atoms with Gasteiger partial charge in [0.05, 0.1) is 0 Å². The fourth-order valence-corrected chi connectivity index (χ4v) is 0.622. The SMILES string of the molecule is C=CC(=O)OC(CC)ONCCC. The molecule has 76 valence electrons. The number of ether oxygens (including phenoxy) is 1. The molecule has 0 radical (unpaired) electrons. The molecule has 0 heterocycles. The highest BCUT2D eigenvalue weighted by atomic mass is 16.8. The van der Waals surface area contributed by atoms with Crippen LogP contribution in [0, 0.1) is 0 Å². The van der Waals surface area contributed by atoms with Crippen molar-refractivity contribution in [1.82, 2.24) is 5.48 Å². The number of hydrogen-bond donors (Lipinski definition) is 1. The lowest BCUT2D eigenvalue weighted by Gasteiger charge is -2.15. The van der Waals surface area contributed by atoms with Gasteiger partial charge in [0.25, 0.3) is 0 Å². The van der Waals surface area contributed by atoms with Crippen molar-refractivity contribution in [2.24, 2.45) is 0 Å². The maximum Gasteiger partial charge on any atom is 0.332 e. The third-order valence-electron chi connectivity index (χ3n) is 1.31. The second-order valence-electron chi connectivity index (χ2n) is 2.49. The van der Waals surface area contributed by atoms with Crippen LogP contribution in [0.4, 0.5) is 0 Å². The summed E-state index contributed by atoms with van der Waals surface area (Å²) in [7, 11) is 0. The number of carbonyl (C=O) groups excluding carboxylic acids is 1. The molecule has 0 bridgehead atoms. The molecule has 1 N–H and O–H groups in total. The van der Waals surface area contributed by atoms with E-state index in [-0.39, 0.29) is 0 Å². The third kappa shape index (κ3) is 6.31. The molecule has 0 aromatic carbocycles. The van der Waals surface area contributed by atoms with E-state index in [1.807, 2.05) is 13.8 Å². The zero-order valence-corrected chi connectivity index (χ0v) is 8.21. The second kappa shape index (κ2) is 7.76. The van der Waals surface area contributed by atoms with Crippen LogP contribution < -0.4 is 5.48 Å². The standard InChI is InChI=1S/C9H17NO3/c1-4-7-10-13-9(6-3)12-8(11)5-2/h5,9-10H,2,4,6-7H2,1,3H3. The van der Waals surface area contributed by atoms with Crippen LogP contribution in [0.2, 0.25) is 0 Å². The van der Waals surface area contributed by atoms with E-state index in [9.17, 15) is 4.79 Å². The van der Waals surface area contributed by atoms with Crippen molar-refractivity contribution in [2.75, 3.05) is 6.54 Å². The summed E-state index contributed by atoms with van der Waals surface area (Å²) in [6.45, 7) is 7.92. The molecule has 0 rings (SSSR count). The topological polar surface area (TPSA) is 47.6 Å². The Bertz CT molecular complexity index is 159. The molecule has 4 nitrogen and oxygen atoms in total. The van der Waals surface area contributed by atoms with Gasteiger partial charge in [-0.25, -0.2) is 4.79 Å². The third-order valence-corrected chi connectivity index (χ3v) is 1.31. The van der Waals surface area contributed by atoms with Crippen LogP contribution in [-0.2, 0) is 14.4 Å². The van der Waals surface area contributed by atoms with E-state index >= 15 is 0 Å². The van der Waals surface area contributed by atoms with E-state index in [1.165, 1.54) is 0 Å². The molecule has 0 aliphatic rings. The average Bonchev–Trinajstić information content (AvgIpc) is 2.16. The van der Waals surface area contributed by atoms with Crippen molar-refractivity contribution < 1.29 is 14.4 Å². The Hall–Kier alpha value is -0.870. The van der Waals surface area contributed by atoms with Crippen molar-refractivity contribution in [3.63, 3.8) is 0 Å². The van der Waals surface area contributed by atoms with Crippen LogP contribution in [0.3, 0.4) is 0 Å². The van der Waals surface area contributed by atoms with Crippen LogP contribution in [-0.4, -0.2) is 18.8 Å². The molecule has 4 heteroatoms. The minimum Gasteiger partial charge on any atom is -0.431 e. The summed E-state index contributed by atoms with van der Waals surface area (Å²) in [4.78, 5) is 15.8. The first kappa shape index (κ1) is 12.1. The Morgan fingerprint density at radius 3 is 2.77 bits per heavy atom. The van der Waals surface area contributed by atoms with Gasteiger partial charge in [-0.3, -0.25) is 4.84 Å². The summed E-state index contributed by atoms with van der Waals surface area (Å²) in [5, 5.41) is 0. The average molecular weight is 187 g/mol. The molecule has 0 aliphatic carbocycles. The van der Waals surface area contributed by atoms with Gasteiger partial charge >= 0.3 is 5.97 Å². The van der Waals surface area contributed by atoms with Gasteiger partial charge in [-0.15, -0.1) is 0 Å². The number of nitrogens with one attached hydrogen (secondary N) is 1. The van der Waals surface area contributed by atoms with Crippen LogP contribution >= 0.6 is 0 Å². The Labute approximate surface area is 78.9 Å². The zero-order chi connectivity index (χ0) is 10.1. The zero-order valence-electron chi connectivity index (χ0n) is 8.21. The normalized spacial score (nSPS) is 12.2. The Morgan fingerprint density at radius 2 is 2.31 bits per heavy atom. The maximum absolute atomic E-state index is 10.8. The van der Waals surface area contributed by atoms with Crippen LogP contribution in [0.1, 0.15) is 26.7 Å². The molecular formula is C9H17NO3. The number of carbonyl (C=O) groups is 1. The van der Waals surface area contributed by atoms with Crippen LogP contribution in [0.15, 0.2) is 12.7 Å². The van der Waals surface area contributed by atoms with Gasteiger partial charge in [-0.2, -0.15) is 5.48 Å². The molecule has 0 aromatic heterocycles. The highest BCUT2D eigenvalue weighted by molar-refractivity contribution is 5.81. The highest BCUT2D eigenvalue weighted by Crippen LogP contribution is 1.98. The van der Waals surface area contributed by atoms with Gasteiger partial charge in [0.2, 0.25) is 6.29 Å².